The molecule has 2 rings (SSSR count). The fourth-order valence-corrected chi connectivity index (χ4v) is 2.45. The summed E-state index contributed by atoms with van der Waals surface area (Å²) in [6.45, 7) is 8.29. The van der Waals surface area contributed by atoms with Gasteiger partial charge in [0.25, 0.3) is 5.91 Å². The van der Waals surface area contributed by atoms with E-state index in [1.54, 1.807) is 25.3 Å². The van der Waals surface area contributed by atoms with Gasteiger partial charge in [0.05, 0.1) is 13.2 Å². The maximum atomic E-state index is 12.5. The lowest BCUT2D eigenvalue weighted by Crippen LogP contribution is -2.51. The van der Waals surface area contributed by atoms with Crippen molar-refractivity contribution in [3.8, 4) is 11.5 Å². The second kappa shape index (κ2) is 8.25. The van der Waals surface area contributed by atoms with E-state index >= 15 is 0 Å². The maximum absolute atomic E-state index is 12.5. The van der Waals surface area contributed by atoms with Crippen molar-refractivity contribution in [1.29, 1.82) is 0 Å². The standard InChI is InChI=1S/C16H24N2O3.ClH/c1-11(2)21-14-6-5-13(9-15(14)20-4)16(19)18-8-7-17-12(3)10-18;/h5-6,9,11-12,17H,7-8,10H2,1-4H3;1H. The Morgan fingerprint density at radius 2 is 2.09 bits per heavy atom. The third-order valence-corrected chi connectivity index (χ3v) is 3.43. The topological polar surface area (TPSA) is 50.8 Å². The van der Waals surface area contributed by atoms with E-state index in [1.807, 2.05) is 18.7 Å². The van der Waals surface area contributed by atoms with Gasteiger partial charge in [0, 0.05) is 31.2 Å². The highest BCUT2D eigenvalue weighted by atomic mass is 35.5. The molecule has 6 heteroatoms. The quantitative estimate of drug-likeness (QED) is 0.921. The van der Waals surface area contributed by atoms with Crippen LogP contribution in [0.15, 0.2) is 18.2 Å². The molecule has 1 aromatic carbocycles. The first-order valence-electron chi connectivity index (χ1n) is 7.38. The Hall–Kier alpha value is -1.46. The van der Waals surface area contributed by atoms with Crippen molar-refractivity contribution >= 4 is 18.3 Å². The fraction of sp³-hybridized carbons (Fsp3) is 0.562. The van der Waals surface area contributed by atoms with E-state index in [0.29, 0.717) is 23.1 Å². The summed E-state index contributed by atoms with van der Waals surface area (Å²) in [6, 6.07) is 5.69. The minimum atomic E-state index is 0. The molecule has 0 aromatic heterocycles. The molecule has 1 aromatic rings. The normalized spacial score (nSPS) is 17.9. The van der Waals surface area contributed by atoms with Gasteiger partial charge >= 0.3 is 0 Å². The molecule has 1 fully saturated rings. The van der Waals surface area contributed by atoms with Gasteiger partial charge < -0.3 is 19.7 Å². The van der Waals surface area contributed by atoms with Gasteiger partial charge in [-0.25, -0.2) is 0 Å². The molecule has 124 valence electrons. The van der Waals surface area contributed by atoms with Gasteiger partial charge in [-0.15, -0.1) is 12.4 Å². The van der Waals surface area contributed by atoms with Crippen molar-refractivity contribution in [1.82, 2.24) is 10.2 Å². The number of hydrogen-bond donors (Lipinski definition) is 1. The number of rotatable bonds is 4. The lowest BCUT2D eigenvalue weighted by molar-refractivity contribution is 0.0708. The zero-order valence-corrected chi connectivity index (χ0v) is 14.4. The smallest absolute Gasteiger partial charge is 0.254 e. The van der Waals surface area contributed by atoms with Crippen LogP contribution in [0.4, 0.5) is 0 Å². The number of nitrogens with zero attached hydrogens (tertiary/aromatic N) is 1. The highest BCUT2D eigenvalue weighted by Crippen LogP contribution is 2.29. The number of benzene rings is 1. The maximum Gasteiger partial charge on any atom is 0.254 e. The highest BCUT2D eigenvalue weighted by Gasteiger charge is 2.22. The molecule has 1 amide bonds. The number of halogens is 1. The average molecular weight is 329 g/mol. The first-order valence-corrected chi connectivity index (χ1v) is 7.38. The van der Waals surface area contributed by atoms with Gasteiger partial charge in [-0.05, 0) is 39.0 Å². The van der Waals surface area contributed by atoms with Gasteiger partial charge in [0.2, 0.25) is 0 Å². The molecule has 1 unspecified atom stereocenters. The van der Waals surface area contributed by atoms with E-state index in [4.69, 9.17) is 9.47 Å². The molecule has 0 saturated carbocycles. The summed E-state index contributed by atoms with van der Waals surface area (Å²) in [7, 11) is 1.59. The number of ether oxygens (including phenoxy) is 2. The summed E-state index contributed by atoms with van der Waals surface area (Å²) in [5, 5.41) is 3.33. The van der Waals surface area contributed by atoms with Crippen LogP contribution in [0, 0.1) is 0 Å². The lowest BCUT2D eigenvalue weighted by Gasteiger charge is -2.32. The van der Waals surface area contributed by atoms with Gasteiger partial charge in [0.1, 0.15) is 0 Å². The van der Waals surface area contributed by atoms with Crippen molar-refractivity contribution in [2.24, 2.45) is 0 Å². The van der Waals surface area contributed by atoms with E-state index in [9.17, 15) is 4.79 Å². The Bertz CT molecular complexity index is 508. The van der Waals surface area contributed by atoms with Crippen molar-refractivity contribution in [3.63, 3.8) is 0 Å². The number of methoxy groups -OCH3 is 1. The second-order valence-electron chi connectivity index (χ2n) is 5.64. The number of piperazine rings is 1. The summed E-state index contributed by atoms with van der Waals surface area (Å²) in [5.41, 5.74) is 0.636. The van der Waals surface area contributed by atoms with Crippen LogP contribution >= 0.6 is 12.4 Å². The first kappa shape index (κ1) is 18.6. The molecule has 1 heterocycles. The molecule has 0 bridgehead atoms. The minimum Gasteiger partial charge on any atom is -0.493 e. The second-order valence-corrected chi connectivity index (χ2v) is 5.64. The molecule has 5 nitrogen and oxygen atoms in total. The molecule has 1 aliphatic heterocycles. The molecule has 1 saturated heterocycles. The van der Waals surface area contributed by atoms with Crippen LogP contribution < -0.4 is 14.8 Å². The van der Waals surface area contributed by atoms with Crippen molar-refractivity contribution in [2.45, 2.75) is 32.9 Å². The zero-order valence-electron chi connectivity index (χ0n) is 13.6. The Balaban J connectivity index is 0.00000242. The molecule has 1 aliphatic rings. The molecule has 0 spiro atoms. The molecule has 22 heavy (non-hydrogen) atoms. The van der Waals surface area contributed by atoms with E-state index < -0.39 is 0 Å². The number of amides is 1. The number of carbonyl (C=O) groups excluding carboxylic acids is 1. The monoisotopic (exact) mass is 328 g/mol. The van der Waals surface area contributed by atoms with Crippen molar-refractivity contribution < 1.29 is 14.3 Å². The Labute approximate surface area is 138 Å². The summed E-state index contributed by atoms with van der Waals surface area (Å²) in [5.74, 6) is 1.30. The summed E-state index contributed by atoms with van der Waals surface area (Å²) < 4.78 is 11.0. The highest BCUT2D eigenvalue weighted by molar-refractivity contribution is 5.95. The zero-order chi connectivity index (χ0) is 15.4. The number of hydrogen-bond acceptors (Lipinski definition) is 4. The van der Waals surface area contributed by atoms with Crippen LogP contribution in [0.3, 0.4) is 0 Å². The van der Waals surface area contributed by atoms with Gasteiger partial charge in [-0.1, -0.05) is 0 Å². The summed E-state index contributed by atoms with van der Waals surface area (Å²) in [6.07, 6.45) is 0.0643. The largest absolute Gasteiger partial charge is 0.493 e. The third-order valence-electron chi connectivity index (χ3n) is 3.43. The molecule has 1 atom stereocenters. The molecule has 0 radical (unpaired) electrons. The van der Waals surface area contributed by atoms with E-state index in [2.05, 4.69) is 12.2 Å². The van der Waals surface area contributed by atoms with Crippen LogP contribution in [0.1, 0.15) is 31.1 Å². The SMILES string of the molecule is COc1cc(C(=O)N2CCNC(C)C2)ccc1OC(C)C.Cl. The van der Waals surface area contributed by atoms with Crippen molar-refractivity contribution in [3.05, 3.63) is 23.8 Å². The predicted octanol–water partition coefficient (Wildman–Crippen LogP) is 2.34. The van der Waals surface area contributed by atoms with E-state index in [0.717, 1.165) is 19.6 Å². The molecule has 1 N–H and O–H groups in total. The third kappa shape index (κ3) is 4.52. The Morgan fingerprint density at radius 3 is 2.68 bits per heavy atom. The van der Waals surface area contributed by atoms with Crippen LogP contribution in [0.25, 0.3) is 0 Å². The fourth-order valence-electron chi connectivity index (χ4n) is 2.45. The Morgan fingerprint density at radius 1 is 1.36 bits per heavy atom. The van der Waals surface area contributed by atoms with Gasteiger partial charge in [-0.2, -0.15) is 0 Å². The lowest BCUT2D eigenvalue weighted by atomic mass is 10.1. The minimum absolute atomic E-state index is 0. The molecular weight excluding hydrogens is 304 g/mol. The molecular formula is C16H25ClN2O3. The van der Waals surface area contributed by atoms with E-state index in [1.165, 1.54) is 0 Å². The summed E-state index contributed by atoms with van der Waals surface area (Å²) in [4.78, 5) is 14.4. The van der Waals surface area contributed by atoms with Gasteiger partial charge in [-0.3, -0.25) is 4.79 Å². The first-order chi connectivity index (χ1) is 10.0. The Kier molecular flexibility index (Phi) is 6.97. The van der Waals surface area contributed by atoms with Crippen LogP contribution in [0.2, 0.25) is 0 Å². The van der Waals surface area contributed by atoms with Crippen molar-refractivity contribution in [2.75, 3.05) is 26.7 Å². The van der Waals surface area contributed by atoms with Crippen LogP contribution in [-0.4, -0.2) is 49.7 Å². The van der Waals surface area contributed by atoms with E-state index in [-0.39, 0.29) is 24.4 Å². The number of nitrogens with one attached hydrogen (secondary N) is 1. The van der Waals surface area contributed by atoms with Crippen LogP contribution in [0.5, 0.6) is 11.5 Å². The van der Waals surface area contributed by atoms with Gasteiger partial charge in [0.15, 0.2) is 11.5 Å². The number of carbonyl (C=O) groups is 1. The summed E-state index contributed by atoms with van der Waals surface area (Å²) >= 11 is 0. The average Bonchev–Trinajstić information content (AvgIpc) is 2.46. The molecule has 0 aliphatic carbocycles. The van der Waals surface area contributed by atoms with Crippen LogP contribution in [-0.2, 0) is 0 Å². The predicted molar refractivity (Wildman–Crippen MR) is 89.4 cm³/mol.